The van der Waals surface area contributed by atoms with Crippen LogP contribution < -0.4 is 5.32 Å². The summed E-state index contributed by atoms with van der Waals surface area (Å²) in [5.41, 5.74) is 0. The number of nitrogens with zero attached hydrogens (tertiary/aromatic N) is 2. The Morgan fingerprint density at radius 1 is 1.78 bits per heavy atom. The minimum absolute atomic E-state index is 0.806. The van der Waals surface area contributed by atoms with E-state index in [0.717, 1.165) is 12.4 Å². The predicted octanol–water partition coefficient (Wildman–Crippen LogP) is 0.215. The Hall–Kier alpha value is -1.25. The SMILES string of the molecule is [c]1cnc2n1C=CNC2. The summed E-state index contributed by atoms with van der Waals surface area (Å²) in [6.07, 6.45) is 8.38. The number of aromatic nitrogens is 2. The van der Waals surface area contributed by atoms with Gasteiger partial charge in [0.15, 0.2) is 0 Å². The van der Waals surface area contributed by atoms with Crippen molar-refractivity contribution in [3.63, 3.8) is 0 Å². The minimum atomic E-state index is 0.806. The number of nitrogens with one attached hydrogen (secondary N) is 1. The number of imidazole rings is 1. The molecule has 1 aliphatic rings. The molecule has 1 N–H and O–H groups in total. The Morgan fingerprint density at radius 2 is 2.78 bits per heavy atom. The average Bonchev–Trinajstić information content (AvgIpc) is 2.33. The Balaban J connectivity index is 2.53. The summed E-state index contributed by atoms with van der Waals surface area (Å²) in [6, 6.07) is 0. The van der Waals surface area contributed by atoms with Crippen LogP contribution in [0.15, 0.2) is 12.4 Å². The average molecular weight is 120 g/mol. The van der Waals surface area contributed by atoms with Crippen molar-refractivity contribution in [1.82, 2.24) is 14.9 Å². The highest BCUT2D eigenvalue weighted by atomic mass is 15.1. The number of hydrogen-bond donors (Lipinski definition) is 1. The molecular formula is C6H6N3. The lowest BCUT2D eigenvalue weighted by molar-refractivity contribution is 0.758. The fourth-order valence-electron chi connectivity index (χ4n) is 0.840. The first-order chi connectivity index (χ1) is 4.47. The van der Waals surface area contributed by atoms with Gasteiger partial charge in [-0.3, -0.25) is 4.57 Å². The second-order valence-electron chi connectivity index (χ2n) is 1.87. The molecule has 1 aromatic heterocycles. The Labute approximate surface area is 53.0 Å². The molecule has 1 radical (unpaired) electrons. The van der Waals surface area contributed by atoms with Gasteiger partial charge >= 0.3 is 0 Å². The smallest absolute Gasteiger partial charge is 0.132 e. The van der Waals surface area contributed by atoms with E-state index in [2.05, 4.69) is 16.5 Å². The largest absolute Gasteiger partial charge is 0.382 e. The molecule has 1 aromatic rings. The zero-order valence-electron chi connectivity index (χ0n) is 4.83. The predicted molar refractivity (Wildman–Crippen MR) is 33.2 cm³/mol. The van der Waals surface area contributed by atoms with E-state index in [4.69, 9.17) is 0 Å². The Morgan fingerprint density at radius 3 is 3.67 bits per heavy atom. The molecule has 0 fully saturated rings. The molecule has 45 valence electrons. The molecule has 0 unspecified atom stereocenters. The first-order valence-corrected chi connectivity index (χ1v) is 2.81. The monoisotopic (exact) mass is 120 g/mol. The minimum Gasteiger partial charge on any atom is -0.382 e. The molecule has 0 spiro atoms. The molecule has 0 saturated carbocycles. The summed E-state index contributed by atoms with van der Waals surface area (Å²) in [5.74, 6) is 1.01. The summed E-state index contributed by atoms with van der Waals surface area (Å²) >= 11 is 0. The number of hydrogen-bond acceptors (Lipinski definition) is 2. The molecule has 0 bridgehead atoms. The standard InChI is InChI=1S/C6H6N3/c1-3-9-4-2-8-6(9)5-7-1/h1-3,7H,5H2. The van der Waals surface area contributed by atoms with Gasteiger partial charge in [0.05, 0.1) is 18.9 Å². The first kappa shape index (κ1) is 4.61. The molecule has 9 heavy (non-hydrogen) atoms. The van der Waals surface area contributed by atoms with E-state index in [-0.39, 0.29) is 0 Å². The van der Waals surface area contributed by atoms with Crippen molar-refractivity contribution in [2.45, 2.75) is 6.54 Å². The van der Waals surface area contributed by atoms with Crippen LogP contribution in [0.4, 0.5) is 0 Å². The van der Waals surface area contributed by atoms with Crippen LogP contribution >= 0.6 is 0 Å². The Kier molecular flexibility index (Phi) is 0.828. The van der Waals surface area contributed by atoms with Crippen molar-refractivity contribution in [2.75, 3.05) is 0 Å². The molecule has 3 nitrogen and oxygen atoms in total. The normalized spacial score (nSPS) is 14.7. The van der Waals surface area contributed by atoms with Crippen molar-refractivity contribution in [1.29, 1.82) is 0 Å². The van der Waals surface area contributed by atoms with Gasteiger partial charge in [-0.15, -0.1) is 0 Å². The van der Waals surface area contributed by atoms with Gasteiger partial charge in [0, 0.05) is 12.4 Å². The highest BCUT2D eigenvalue weighted by Crippen LogP contribution is 2.00. The van der Waals surface area contributed by atoms with E-state index in [1.807, 2.05) is 17.0 Å². The van der Waals surface area contributed by atoms with Crippen LogP contribution in [-0.2, 0) is 6.54 Å². The second kappa shape index (κ2) is 1.62. The molecule has 0 atom stereocenters. The molecule has 0 aromatic carbocycles. The maximum absolute atomic E-state index is 4.05. The zero-order valence-corrected chi connectivity index (χ0v) is 4.83. The Bertz CT molecular complexity index is 236. The fraction of sp³-hybridized carbons (Fsp3) is 0.167. The van der Waals surface area contributed by atoms with Crippen LogP contribution in [0.2, 0.25) is 0 Å². The van der Waals surface area contributed by atoms with Crippen molar-refractivity contribution in [2.24, 2.45) is 0 Å². The van der Waals surface area contributed by atoms with Gasteiger partial charge in [-0.2, -0.15) is 0 Å². The van der Waals surface area contributed by atoms with Crippen LogP contribution in [0.25, 0.3) is 6.20 Å². The van der Waals surface area contributed by atoms with Gasteiger partial charge < -0.3 is 5.32 Å². The van der Waals surface area contributed by atoms with Gasteiger partial charge in [-0.25, -0.2) is 4.98 Å². The third-order valence-corrected chi connectivity index (χ3v) is 1.29. The molecule has 0 saturated heterocycles. The summed E-state index contributed by atoms with van der Waals surface area (Å²) < 4.78 is 1.87. The van der Waals surface area contributed by atoms with E-state index in [1.54, 1.807) is 6.20 Å². The van der Waals surface area contributed by atoms with E-state index >= 15 is 0 Å². The summed E-state index contributed by atoms with van der Waals surface area (Å²) in [5, 5.41) is 3.04. The van der Waals surface area contributed by atoms with E-state index in [0.29, 0.717) is 0 Å². The highest BCUT2D eigenvalue weighted by Gasteiger charge is 2.01. The van der Waals surface area contributed by atoms with Gasteiger partial charge in [-0.05, 0) is 0 Å². The lowest BCUT2D eigenvalue weighted by atomic mass is 10.5. The van der Waals surface area contributed by atoms with Crippen molar-refractivity contribution in [3.8, 4) is 0 Å². The van der Waals surface area contributed by atoms with Gasteiger partial charge in [0.1, 0.15) is 5.82 Å². The topological polar surface area (TPSA) is 29.9 Å². The van der Waals surface area contributed by atoms with E-state index in [1.165, 1.54) is 0 Å². The molecule has 2 heterocycles. The number of fused-ring (bicyclic) bond motifs is 1. The summed E-state index contributed by atoms with van der Waals surface area (Å²) in [4.78, 5) is 4.05. The van der Waals surface area contributed by atoms with Crippen molar-refractivity contribution >= 4 is 6.20 Å². The third kappa shape index (κ3) is 0.614. The maximum Gasteiger partial charge on any atom is 0.132 e. The first-order valence-electron chi connectivity index (χ1n) is 2.81. The van der Waals surface area contributed by atoms with E-state index in [9.17, 15) is 0 Å². The third-order valence-electron chi connectivity index (χ3n) is 1.29. The van der Waals surface area contributed by atoms with E-state index < -0.39 is 0 Å². The lowest BCUT2D eigenvalue weighted by Crippen LogP contribution is -2.13. The van der Waals surface area contributed by atoms with Gasteiger partial charge in [0.25, 0.3) is 0 Å². The molecule has 0 aliphatic carbocycles. The molecule has 0 amide bonds. The fourth-order valence-corrected chi connectivity index (χ4v) is 0.840. The van der Waals surface area contributed by atoms with Crippen molar-refractivity contribution < 1.29 is 0 Å². The van der Waals surface area contributed by atoms with Crippen LogP contribution in [0.1, 0.15) is 5.82 Å². The van der Waals surface area contributed by atoms with Crippen molar-refractivity contribution in [3.05, 3.63) is 24.4 Å². The van der Waals surface area contributed by atoms with Gasteiger partial charge in [-0.1, -0.05) is 0 Å². The second-order valence-corrected chi connectivity index (χ2v) is 1.87. The number of rotatable bonds is 0. The maximum atomic E-state index is 4.05. The van der Waals surface area contributed by atoms with Crippen LogP contribution in [-0.4, -0.2) is 9.55 Å². The molecular weight excluding hydrogens is 114 g/mol. The van der Waals surface area contributed by atoms with Crippen LogP contribution in [0.3, 0.4) is 0 Å². The van der Waals surface area contributed by atoms with Crippen LogP contribution in [0, 0.1) is 6.20 Å². The highest BCUT2D eigenvalue weighted by molar-refractivity contribution is 5.26. The van der Waals surface area contributed by atoms with Crippen LogP contribution in [0.5, 0.6) is 0 Å². The summed E-state index contributed by atoms with van der Waals surface area (Å²) in [6.45, 7) is 0.806. The lowest BCUT2D eigenvalue weighted by Gasteiger charge is -2.06. The molecule has 3 heteroatoms. The van der Waals surface area contributed by atoms with Gasteiger partial charge in [0.2, 0.25) is 0 Å². The summed E-state index contributed by atoms with van der Waals surface area (Å²) in [7, 11) is 0. The zero-order chi connectivity index (χ0) is 6.10. The quantitative estimate of drug-likeness (QED) is 0.530. The molecule has 2 rings (SSSR count). The molecule has 1 aliphatic heterocycles.